The van der Waals surface area contributed by atoms with E-state index in [-0.39, 0.29) is 6.61 Å². The summed E-state index contributed by atoms with van der Waals surface area (Å²) >= 11 is 0. The Morgan fingerprint density at radius 3 is 1.88 bits per heavy atom. The third-order valence-corrected chi connectivity index (χ3v) is 2.90. The standard InChI is InChI=1S/C16H15F5O4/c1-8(2)4-3-7-24-9(22)5-6-10(23)25-16-14(20)12(18)11(17)13(19)15(16)21/h5-6,8H,3-4,7H2,1-2H3/b6-5+. The number of carbonyl (C=O) groups excluding carboxylic acids is 2. The maximum absolute atomic E-state index is 13.3. The van der Waals surface area contributed by atoms with Crippen LogP contribution in [0.25, 0.3) is 0 Å². The van der Waals surface area contributed by atoms with Gasteiger partial charge in [0.1, 0.15) is 0 Å². The molecule has 0 fully saturated rings. The normalized spacial score (nSPS) is 11.2. The minimum absolute atomic E-state index is 0.105. The molecule has 4 nitrogen and oxygen atoms in total. The average molecular weight is 366 g/mol. The van der Waals surface area contributed by atoms with E-state index in [1.54, 1.807) is 0 Å². The number of carbonyl (C=O) groups is 2. The number of halogens is 5. The van der Waals surface area contributed by atoms with E-state index in [4.69, 9.17) is 4.74 Å². The topological polar surface area (TPSA) is 52.6 Å². The second-order valence-electron chi connectivity index (χ2n) is 5.36. The maximum atomic E-state index is 13.3. The van der Waals surface area contributed by atoms with Gasteiger partial charge >= 0.3 is 11.9 Å². The molecule has 0 aliphatic carbocycles. The minimum Gasteiger partial charge on any atom is -0.463 e. The summed E-state index contributed by atoms with van der Waals surface area (Å²) in [7, 11) is 0. The van der Waals surface area contributed by atoms with E-state index >= 15 is 0 Å². The molecule has 0 heterocycles. The van der Waals surface area contributed by atoms with Crippen LogP contribution in [0.4, 0.5) is 22.0 Å². The number of hydrogen-bond donors (Lipinski definition) is 0. The number of benzene rings is 1. The highest BCUT2D eigenvalue weighted by atomic mass is 19.2. The minimum atomic E-state index is -2.38. The van der Waals surface area contributed by atoms with Crippen molar-refractivity contribution in [2.45, 2.75) is 26.7 Å². The summed E-state index contributed by atoms with van der Waals surface area (Å²) in [5.41, 5.74) is 0. The second-order valence-corrected chi connectivity index (χ2v) is 5.36. The van der Waals surface area contributed by atoms with Crippen molar-refractivity contribution in [1.82, 2.24) is 0 Å². The van der Waals surface area contributed by atoms with E-state index in [1.165, 1.54) is 0 Å². The first kappa shape index (κ1) is 20.6. The summed E-state index contributed by atoms with van der Waals surface area (Å²) in [6.07, 6.45) is 2.48. The Morgan fingerprint density at radius 1 is 0.880 bits per heavy atom. The quantitative estimate of drug-likeness (QED) is 0.140. The molecule has 0 saturated heterocycles. The summed E-state index contributed by atoms with van der Waals surface area (Å²) in [6.45, 7) is 4.07. The lowest BCUT2D eigenvalue weighted by atomic mass is 10.1. The fraction of sp³-hybridized carbons (Fsp3) is 0.375. The monoisotopic (exact) mass is 366 g/mol. The van der Waals surface area contributed by atoms with Crippen LogP contribution in [0.3, 0.4) is 0 Å². The molecule has 1 rings (SSSR count). The molecule has 0 atom stereocenters. The third kappa shape index (κ3) is 5.84. The molecule has 0 aromatic heterocycles. The van der Waals surface area contributed by atoms with Gasteiger partial charge in [-0.05, 0) is 18.8 Å². The van der Waals surface area contributed by atoms with E-state index in [0.717, 1.165) is 6.42 Å². The zero-order valence-corrected chi connectivity index (χ0v) is 13.4. The summed E-state index contributed by atoms with van der Waals surface area (Å²) in [5.74, 6) is -15.2. The molecule has 0 aliphatic heterocycles. The van der Waals surface area contributed by atoms with Crippen molar-refractivity contribution in [3.05, 3.63) is 41.2 Å². The summed E-state index contributed by atoms with van der Waals surface area (Å²) in [6, 6.07) is 0. The Morgan fingerprint density at radius 2 is 1.36 bits per heavy atom. The predicted octanol–water partition coefficient (Wildman–Crippen LogP) is 3.82. The van der Waals surface area contributed by atoms with Crippen molar-refractivity contribution in [3.8, 4) is 5.75 Å². The molecule has 25 heavy (non-hydrogen) atoms. The molecule has 0 aliphatic rings. The van der Waals surface area contributed by atoms with Gasteiger partial charge in [0, 0.05) is 12.2 Å². The molecule has 0 radical (unpaired) electrons. The first-order valence-electron chi connectivity index (χ1n) is 7.23. The van der Waals surface area contributed by atoms with Crippen LogP contribution in [0.15, 0.2) is 12.2 Å². The van der Waals surface area contributed by atoms with Crippen molar-refractivity contribution in [3.63, 3.8) is 0 Å². The lowest BCUT2D eigenvalue weighted by Gasteiger charge is -2.07. The van der Waals surface area contributed by atoms with Crippen LogP contribution in [0.2, 0.25) is 0 Å². The van der Waals surface area contributed by atoms with Crippen LogP contribution < -0.4 is 4.74 Å². The Kier molecular flexibility index (Phi) is 7.53. The number of hydrogen-bond acceptors (Lipinski definition) is 4. The molecule has 0 unspecified atom stereocenters. The fourth-order valence-electron chi connectivity index (χ4n) is 1.66. The van der Waals surface area contributed by atoms with E-state index in [1.807, 2.05) is 13.8 Å². The van der Waals surface area contributed by atoms with Gasteiger partial charge in [0.05, 0.1) is 6.61 Å². The summed E-state index contributed by atoms with van der Waals surface area (Å²) in [4.78, 5) is 22.7. The second kappa shape index (κ2) is 9.14. The van der Waals surface area contributed by atoms with Crippen LogP contribution in [0.5, 0.6) is 5.75 Å². The SMILES string of the molecule is CC(C)CCCOC(=O)/C=C/C(=O)Oc1c(F)c(F)c(F)c(F)c1F. The number of rotatable bonds is 7. The van der Waals surface area contributed by atoms with E-state index in [2.05, 4.69) is 4.74 Å². The van der Waals surface area contributed by atoms with Crippen molar-refractivity contribution >= 4 is 11.9 Å². The molecule has 1 aromatic carbocycles. The molecule has 0 N–H and O–H groups in total. The number of ether oxygens (including phenoxy) is 2. The van der Waals surface area contributed by atoms with Gasteiger partial charge in [-0.25, -0.2) is 22.8 Å². The highest BCUT2D eigenvalue weighted by molar-refractivity contribution is 5.92. The lowest BCUT2D eigenvalue weighted by Crippen LogP contribution is -2.12. The van der Waals surface area contributed by atoms with Crippen molar-refractivity contribution < 1.29 is 41.0 Å². The highest BCUT2D eigenvalue weighted by Gasteiger charge is 2.28. The molecule has 0 spiro atoms. The summed E-state index contributed by atoms with van der Waals surface area (Å²) in [5, 5.41) is 0. The lowest BCUT2D eigenvalue weighted by molar-refractivity contribution is -0.138. The van der Waals surface area contributed by atoms with Gasteiger partial charge in [-0.1, -0.05) is 13.8 Å². The van der Waals surface area contributed by atoms with Gasteiger partial charge in [-0.3, -0.25) is 0 Å². The van der Waals surface area contributed by atoms with Crippen LogP contribution in [0, 0.1) is 35.0 Å². The van der Waals surface area contributed by atoms with E-state index in [0.29, 0.717) is 24.5 Å². The van der Waals surface area contributed by atoms with Gasteiger partial charge in [-0.15, -0.1) is 0 Å². The zero-order chi connectivity index (χ0) is 19.1. The number of esters is 2. The van der Waals surface area contributed by atoms with Crippen LogP contribution in [-0.2, 0) is 14.3 Å². The van der Waals surface area contributed by atoms with Crippen molar-refractivity contribution in [2.24, 2.45) is 5.92 Å². The van der Waals surface area contributed by atoms with Gasteiger partial charge < -0.3 is 9.47 Å². The largest absolute Gasteiger partial charge is 0.463 e. The molecular weight excluding hydrogens is 351 g/mol. The highest BCUT2D eigenvalue weighted by Crippen LogP contribution is 2.29. The van der Waals surface area contributed by atoms with Gasteiger partial charge in [-0.2, -0.15) is 8.78 Å². The molecule has 0 amide bonds. The molecule has 0 saturated carbocycles. The van der Waals surface area contributed by atoms with E-state index in [9.17, 15) is 31.5 Å². The van der Waals surface area contributed by atoms with Crippen LogP contribution >= 0.6 is 0 Å². The van der Waals surface area contributed by atoms with Crippen LogP contribution in [-0.4, -0.2) is 18.5 Å². The third-order valence-electron chi connectivity index (χ3n) is 2.90. The zero-order valence-electron chi connectivity index (χ0n) is 13.4. The molecule has 0 bridgehead atoms. The smallest absolute Gasteiger partial charge is 0.336 e. The average Bonchev–Trinajstić information content (AvgIpc) is 2.57. The molecular formula is C16H15F5O4. The Bertz CT molecular complexity index is 657. The molecule has 1 aromatic rings. The maximum Gasteiger partial charge on any atom is 0.336 e. The van der Waals surface area contributed by atoms with Gasteiger partial charge in [0.25, 0.3) is 0 Å². The van der Waals surface area contributed by atoms with Crippen molar-refractivity contribution in [1.29, 1.82) is 0 Å². The first-order valence-corrected chi connectivity index (χ1v) is 7.23. The molecule has 9 heteroatoms. The van der Waals surface area contributed by atoms with E-state index < -0.39 is 46.8 Å². The van der Waals surface area contributed by atoms with Crippen LogP contribution in [0.1, 0.15) is 26.7 Å². The molecule has 138 valence electrons. The Hall–Kier alpha value is -2.45. The summed E-state index contributed by atoms with van der Waals surface area (Å²) < 4.78 is 74.2. The Balaban J connectivity index is 2.67. The van der Waals surface area contributed by atoms with Crippen molar-refractivity contribution in [2.75, 3.05) is 6.61 Å². The van der Waals surface area contributed by atoms with Gasteiger partial charge in [0.15, 0.2) is 0 Å². The first-order chi connectivity index (χ1) is 11.6. The predicted molar refractivity (Wildman–Crippen MR) is 76.0 cm³/mol. The van der Waals surface area contributed by atoms with Gasteiger partial charge in [0.2, 0.25) is 34.8 Å². The Labute approximate surface area is 140 Å². The fourth-order valence-corrected chi connectivity index (χ4v) is 1.66.